The highest BCUT2D eigenvalue weighted by Crippen LogP contribution is 2.23. The summed E-state index contributed by atoms with van der Waals surface area (Å²) in [7, 11) is 0. The molecule has 0 saturated carbocycles. The Morgan fingerprint density at radius 1 is 1.26 bits per heavy atom. The second-order valence-corrected chi connectivity index (χ2v) is 5.74. The monoisotopic (exact) mass is 279 g/mol. The number of thiophene rings is 1. The first kappa shape index (κ1) is 14.0. The zero-order chi connectivity index (χ0) is 13.8. The van der Waals surface area contributed by atoms with Crippen LogP contribution in [0.1, 0.15) is 35.2 Å². The quantitative estimate of drug-likeness (QED) is 0.896. The van der Waals surface area contributed by atoms with Gasteiger partial charge in [0, 0.05) is 27.4 Å². The summed E-state index contributed by atoms with van der Waals surface area (Å²) >= 11 is 1.73. The lowest BCUT2D eigenvalue weighted by atomic mass is 10.1. The van der Waals surface area contributed by atoms with Crippen LogP contribution in [0.5, 0.6) is 5.75 Å². The molecule has 0 spiro atoms. The number of halogens is 1. The fraction of sp³-hybridized carbons (Fsp3) is 0.333. The van der Waals surface area contributed by atoms with Crippen LogP contribution in [0.3, 0.4) is 0 Å². The Morgan fingerprint density at radius 2 is 2.00 bits per heavy atom. The number of ether oxygens (including phenoxy) is 1. The van der Waals surface area contributed by atoms with Crippen LogP contribution in [0.15, 0.2) is 30.3 Å². The topological polar surface area (TPSA) is 35.2 Å². The number of benzene rings is 1. The fourth-order valence-corrected chi connectivity index (χ4v) is 2.68. The van der Waals surface area contributed by atoms with Gasteiger partial charge in [-0.1, -0.05) is 13.0 Å². The van der Waals surface area contributed by atoms with Crippen molar-refractivity contribution < 1.29 is 9.13 Å². The Morgan fingerprint density at radius 3 is 2.58 bits per heavy atom. The molecule has 1 atom stereocenters. The molecule has 0 unspecified atom stereocenters. The molecular formula is C15H18FNOS. The lowest BCUT2D eigenvalue weighted by molar-refractivity contribution is 0.308. The molecule has 0 aliphatic rings. The molecule has 0 radical (unpaired) electrons. The molecule has 0 bridgehead atoms. The van der Waals surface area contributed by atoms with E-state index in [0.717, 1.165) is 11.3 Å². The lowest BCUT2D eigenvalue weighted by Crippen LogP contribution is -2.07. The van der Waals surface area contributed by atoms with E-state index >= 15 is 0 Å². The summed E-state index contributed by atoms with van der Waals surface area (Å²) in [6.45, 7) is 4.36. The third-order valence-electron chi connectivity index (χ3n) is 2.91. The van der Waals surface area contributed by atoms with Crippen molar-refractivity contribution in [2.24, 2.45) is 5.73 Å². The molecule has 0 fully saturated rings. The molecule has 2 nitrogen and oxygen atoms in total. The predicted molar refractivity (Wildman–Crippen MR) is 77.0 cm³/mol. The van der Waals surface area contributed by atoms with Crippen molar-refractivity contribution in [2.45, 2.75) is 32.9 Å². The molecule has 1 heterocycles. The highest BCUT2D eigenvalue weighted by molar-refractivity contribution is 7.11. The van der Waals surface area contributed by atoms with Crippen molar-refractivity contribution in [2.75, 3.05) is 0 Å². The smallest absolute Gasteiger partial charge is 0.131 e. The van der Waals surface area contributed by atoms with Gasteiger partial charge in [-0.2, -0.15) is 0 Å². The SMILES string of the molecule is CCc1ccc(COc2ccc([C@H](C)N)c(F)c2)s1. The Hall–Kier alpha value is -1.39. The summed E-state index contributed by atoms with van der Waals surface area (Å²) in [5.41, 5.74) is 6.18. The maximum Gasteiger partial charge on any atom is 0.131 e. The van der Waals surface area contributed by atoms with E-state index in [9.17, 15) is 4.39 Å². The van der Waals surface area contributed by atoms with Gasteiger partial charge in [0.1, 0.15) is 18.2 Å². The molecule has 2 N–H and O–H groups in total. The Balaban J connectivity index is 2.01. The largest absolute Gasteiger partial charge is 0.488 e. The maximum absolute atomic E-state index is 13.7. The van der Waals surface area contributed by atoms with E-state index in [1.54, 1.807) is 30.4 Å². The molecule has 1 aromatic carbocycles. The first-order valence-electron chi connectivity index (χ1n) is 6.35. The van der Waals surface area contributed by atoms with Crippen molar-refractivity contribution in [3.8, 4) is 5.75 Å². The van der Waals surface area contributed by atoms with E-state index in [-0.39, 0.29) is 11.9 Å². The molecule has 0 saturated heterocycles. The molecule has 1 aromatic heterocycles. The summed E-state index contributed by atoms with van der Waals surface area (Å²) < 4.78 is 19.3. The first-order chi connectivity index (χ1) is 9.10. The third kappa shape index (κ3) is 3.55. The minimum absolute atomic E-state index is 0.307. The van der Waals surface area contributed by atoms with Gasteiger partial charge >= 0.3 is 0 Å². The molecule has 0 aliphatic carbocycles. The normalized spacial score (nSPS) is 12.4. The van der Waals surface area contributed by atoms with E-state index in [1.807, 2.05) is 0 Å². The Kier molecular flexibility index (Phi) is 4.56. The summed E-state index contributed by atoms with van der Waals surface area (Å²) in [4.78, 5) is 2.48. The van der Waals surface area contributed by atoms with Crippen molar-refractivity contribution in [3.05, 3.63) is 51.5 Å². The number of aryl methyl sites for hydroxylation is 1. The molecule has 0 amide bonds. The van der Waals surface area contributed by atoms with Crippen LogP contribution in [0.2, 0.25) is 0 Å². The highest BCUT2D eigenvalue weighted by Gasteiger charge is 2.08. The fourth-order valence-electron chi connectivity index (χ4n) is 1.81. The molecule has 4 heteroatoms. The van der Waals surface area contributed by atoms with Crippen LogP contribution >= 0.6 is 11.3 Å². The van der Waals surface area contributed by atoms with Crippen LogP contribution in [0.25, 0.3) is 0 Å². The van der Waals surface area contributed by atoms with Crippen LogP contribution in [0, 0.1) is 5.82 Å². The Bertz CT molecular complexity index is 551. The number of nitrogens with two attached hydrogens (primary N) is 1. The summed E-state index contributed by atoms with van der Waals surface area (Å²) in [6.07, 6.45) is 1.03. The van der Waals surface area contributed by atoms with E-state index < -0.39 is 0 Å². The van der Waals surface area contributed by atoms with E-state index in [4.69, 9.17) is 10.5 Å². The highest BCUT2D eigenvalue weighted by atomic mass is 32.1. The van der Waals surface area contributed by atoms with Crippen LogP contribution in [-0.4, -0.2) is 0 Å². The van der Waals surface area contributed by atoms with Crippen molar-refractivity contribution in [3.63, 3.8) is 0 Å². The van der Waals surface area contributed by atoms with Gasteiger partial charge < -0.3 is 10.5 Å². The summed E-state index contributed by atoms with van der Waals surface area (Å²) in [6, 6.07) is 8.68. The van der Waals surface area contributed by atoms with Gasteiger partial charge in [-0.3, -0.25) is 0 Å². The minimum atomic E-state index is -0.312. The van der Waals surface area contributed by atoms with Gasteiger partial charge in [-0.05, 0) is 31.5 Å². The summed E-state index contributed by atoms with van der Waals surface area (Å²) in [5.74, 6) is 0.223. The first-order valence-corrected chi connectivity index (χ1v) is 7.17. The Labute approximate surface area is 117 Å². The van der Waals surface area contributed by atoms with Gasteiger partial charge in [0.05, 0.1) is 0 Å². The summed E-state index contributed by atoms with van der Waals surface area (Å²) in [5, 5.41) is 0. The zero-order valence-electron chi connectivity index (χ0n) is 11.2. The molecule has 2 aromatic rings. The van der Waals surface area contributed by atoms with Crippen molar-refractivity contribution in [1.29, 1.82) is 0 Å². The maximum atomic E-state index is 13.7. The average Bonchev–Trinajstić information content (AvgIpc) is 2.84. The van der Waals surface area contributed by atoms with Crippen molar-refractivity contribution >= 4 is 11.3 Å². The van der Waals surface area contributed by atoms with E-state index in [0.29, 0.717) is 17.9 Å². The molecule has 0 aliphatic heterocycles. The predicted octanol–water partition coefficient (Wildman–Crippen LogP) is 4.05. The van der Waals surface area contributed by atoms with Crippen LogP contribution in [0.4, 0.5) is 4.39 Å². The number of rotatable bonds is 5. The van der Waals surface area contributed by atoms with Crippen LogP contribution < -0.4 is 10.5 Å². The standard InChI is InChI=1S/C15H18FNOS/c1-3-12-5-6-13(19-12)9-18-11-4-7-14(10(2)17)15(16)8-11/h4-8,10H,3,9,17H2,1-2H3/t10-/m0/s1. The second-order valence-electron chi connectivity index (χ2n) is 4.48. The van der Waals surface area contributed by atoms with Gasteiger partial charge in [0.25, 0.3) is 0 Å². The number of hydrogen-bond acceptors (Lipinski definition) is 3. The average molecular weight is 279 g/mol. The van der Waals surface area contributed by atoms with Gasteiger partial charge in [0.2, 0.25) is 0 Å². The second kappa shape index (κ2) is 6.17. The van der Waals surface area contributed by atoms with Gasteiger partial charge in [0.15, 0.2) is 0 Å². The molecule has 102 valence electrons. The van der Waals surface area contributed by atoms with Gasteiger partial charge in [-0.15, -0.1) is 11.3 Å². The molecular weight excluding hydrogens is 261 g/mol. The zero-order valence-corrected chi connectivity index (χ0v) is 12.0. The minimum Gasteiger partial charge on any atom is -0.488 e. The van der Waals surface area contributed by atoms with E-state index in [2.05, 4.69) is 19.1 Å². The van der Waals surface area contributed by atoms with Crippen LogP contribution in [-0.2, 0) is 13.0 Å². The van der Waals surface area contributed by atoms with E-state index in [1.165, 1.54) is 10.9 Å². The van der Waals surface area contributed by atoms with Gasteiger partial charge in [-0.25, -0.2) is 4.39 Å². The number of hydrogen-bond donors (Lipinski definition) is 1. The van der Waals surface area contributed by atoms with Crippen molar-refractivity contribution in [1.82, 2.24) is 0 Å². The molecule has 19 heavy (non-hydrogen) atoms. The lowest BCUT2D eigenvalue weighted by Gasteiger charge is -2.09. The molecule has 2 rings (SSSR count). The third-order valence-corrected chi connectivity index (χ3v) is 4.11.